The van der Waals surface area contributed by atoms with Gasteiger partial charge >= 0.3 is 0 Å². The second-order valence-electron chi connectivity index (χ2n) is 6.15. The van der Waals surface area contributed by atoms with E-state index in [0.29, 0.717) is 5.41 Å². The van der Waals surface area contributed by atoms with Crippen LogP contribution in [0.4, 0.5) is 0 Å². The van der Waals surface area contributed by atoms with E-state index in [0.717, 1.165) is 18.9 Å². The summed E-state index contributed by atoms with van der Waals surface area (Å²) in [5.41, 5.74) is 0.635. The molecule has 1 saturated heterocycles. The molecule has 0 unspecified atom stereocenters. The third-order valence-electron chi connectivity index (χ3n) is 4.85. The molecule has 1 aromatic heterocycles. The Morgan fingerprint density at radius 2 is 2.15 bits per heavy atom. The fourth-order valence-electron chi connectivity index (χ4n) is 3.41. The Hall–Kier alpha value is -1.03. The van der Waals surface area contributed by atoms with Crippen LogP contribution in [0.25, 0.3) is 0 Å². The maximum Gasteiger partial charge on any atom is 0.193 e. The maximum absolute atomic E-state index is 4.47. The first-order valence-electron chi connectivity index (χ1n) is 7.78. The number of nitrogens with zero attached hydrogens (tertiary/aromatic N) is 2. The topological polar surface area (TPSA) is 27.6 Å². The average molecular weight is 291 g/mol. The van der Waals surface area contributed by atoms with Crippen molar-refractivity contribution in [1.29, 1.82) is 0 Å². The standard InChI is InChI=1S/C16H25N3S/c1-3-13-5-6-14(20-13)11-18-15(17-2)19-10-9-16(12-19)7-4-8-16/h5-6H,3-4,7-12H2,1-2H3,(H,17,18). The van der Waals surface area contributed by atoms with Crippen LogP contribution in [-0.4, -0.2) is 31.0 Å². The minimum absolute atomic E-state index is 0.635. The van der Waals surface area contributed by atoms with Crippen LogP contribution in [0.15, 0.2) is 17.1 Å². The molecule has 20 heavy (non-hydrogen) atoms. The molecule has 1 saturated carbocycles. The molecule has 4 heteroatoms. The first kappa shape index (κ1) is 13.9. The van der Waals surface area contributed by atoms with Crippen LogP contribution in [0.1, 0.15) is 42.4 Å². The van der Waals surface area contributed by atoms with Crippen LogP contribution in [0, 0.1) is 5.41 Å². The Kier molecular flexibility index (Phi) is 4.01. The van der Waals surface area contributed by atoms with Crippen molar-refractivity contribution in [3.05, 3.63) is 21.9 Å². The minimum atomic E-state index is 0.635. The van der Waals surface area contributed by atoms with Crippen molar-refractivity contribution < 1.29 is 0 Å². The van der Waals surface area contributed by atoms with E-state index in [1.165, 1.54) is 48.5 Å². The number of hydrogen-bond acceptors (Lipinski definition) is 2. The van der Waals surface area contributed by atoms with E-state index in [4.69, 9.17) is 0 Å². The van der Waals surface area contributed by atoms with Crippen molar-refractivity contribution in [3.8, 4) is 0 Å². The summed E-state index contributed by atoms with van der Waals surface area (Å²) < 4.78 is 0. The predicted molar refractivity (Wildman–Crippen MR) is 86.4 cm³/mol. The summed E-state index contributed by atoms with van der Waals surface area (Å²) in [5.74, 6) is 1.08. The van der Waals surface area contributed by atoms with Crippen molar-refractivity contribution in [2.75, 3.05) is 20.1 Å². The lowest BCUT2D eigenvalue weighted by atomic mass is 9.68. The van der Waals surface area contributed by atoms with Crippen molar-refractivity contribution >= 4 is 17.3 Å². The van der Waals surface area contributed by atoms with E-state index in [9.17, 15) is 0 Å². The summed E-state index contributed by atoms with van der Waals surface area (Å²) in [4.78, 5) is 9.79. The molecule has 0 aromatic carbocycles. The molecule has 0 radical (unpaired) electrons. The summed E-state index contributed by atoms with van der Waals surface area (Å²) in [7, 11) is 1.90. The number of aliphatic imine (C=N–C) groups is 1. The van der Waals surface area contributed by atoms with Crippen LogP contribution in [0.5, 0.6) is 0 Å². The van der Waals surface area contributed by atoms with Gasteiger partial charge in [-0.05, 0) is 43.2 Å². The highest BCUT2D eigenvalue weighted by molar-refractivity contribution is 7.11. The number of rotatable bonds is 3. The van der Waals surface area contributed by atoms with Crippen LogP contribution in [-0.2, 0) is 13.0 Å². The largest absolute Gasteiger partial charge is 0.351 e. The first-order chi connectivity index (χ1) is 9.74. The van der Waals surface area contributed by atoms with Gasteiger partial charge in [0.1, 0.15) is 0 Å². The molecule has 3 nitrogen and oxygen atoms in total. The highest BCUT2D eigenvalue weighted by Crippen LogP contribution is 2.47. The van der Waals surface area contributed by atoms with Crippen molar-refractivity contribution in [3.63, 3.8) is 0 Å². The molecule has 1 N–H and O–H groups in total. The van der Waals surface area contributed by atoms with Gasteiger partial charge in [0, 0.05) is 29.9 Å². The second-order valence-corrected chi connectivity index (χ2v) is 7.40. The molecular weight excluding hydrogens is 266 g/mol. The molecule has 2 fully saturated rings. The lowest BCUT2D eigenvalue weighted by Gasteiger charge is -2.38. The molecule has 0 amide bonds. The lowest BCUT2D eigenvalue weighted by molar-refractivity contribution is 0.151. The van der Waals surface area contributed by atoms with Gasteiger partial charge in [0.05, 0.1) is 6.54 Å². The van der Waals surface area contributed by atoms with Gasteiger partial charge in [-0.3, -0.25) is 4.99 Å². The van der Waals surface area contributed by atoms with E-state index in [1.807, 2.05) is 18.4 Å². The molecule has 3 rings (SSSR count). The van der Waals surface area contributed by atoms with Gasteiger partial charge in [-0.1, -0.05) is 13.3 Å². The van der Waals surface area contributed by atoms with Gasteiger partial charge in [-0.15, -0.1) is 11.3 Å². The summed E-state index contributed by atoms with van der Waals surface area (Å²) >= 11 is 1.91. The lowest BCUT2D eigenvalue weighted by Crippen LogP contribution is -2.42. The number of thiophene rings is 1. The molecule has 0 atom stereocenters. The van der Waals surface area contributed by atoms with E-state index in [-0.39, 0.29) is 0 Å². The highest BCUT2D eigenvalue weighted by Gasteiger charge is 2.43. The third-order valence-corrected chi connectivity index (χ3v) is 6.08. The molecule has 0 bridgehead atoms. The van der Waals surface area contributed by atoms with E-state index in [1.54, 1.807) is 0 Å². The number of aryl methyl sites for hydroxylation is 1. The van der Waals surface area contributed by atoms with Crippen molar-refractivity contribution in [2.24, 2.45) is 10.4 Å². The van der Waals surface area contributed by atoms with Crippen molar-refractivity contribution in [2.45, 2.75) is 45.6 Å². The van der Waals surface area contributed by atoms with E-state index < -0.39 is 0 Å². The zero-order valence-corrected chi connectivity index (χ0v) is 13.4. The van der Waals surface area contributed by atoms with Crippen LogP contribution < -0.4 is 5.32 Å². The smallest absolute Gasteiger partial charge is 0.193 e. The van der Waals surface area contributed by atoms with Gasteiger partial charge in [0.2, 0.25) is 0 Å². The number of nitrogens with one attached hydrogen (secondary N) is 1. The number of hydrogen-bond donors (Lipinski definition) is 1. The summed E-state index contributed by atoms with van der Waals surface area (Å²) in [6, 6.07) is 4.48. The Balaban J connectivity index is 1.55. The Morgan fingerprint density at radius 3 is 2.70 bits per heavy atom. The van der Waals surface area contributed by atoms with Crippen LogP contribution in [0.2, 0.25) is 0 Å². The first-order valence-corrected chi connectivity index (χ1v) is 8.59. The fraction of sp³-hybridized carbons (Fsp3) is 0.688. The molecule has 2 aliphatic rings. The third kappa shape index (κ3) is 2.71. The van der Waals surface area contributed by atoms with Gasteiger partial charge in [-0.2, -0.15) is 0 Å². The van der Waals surface area contributed by atoms with Crippen LogP contribution in [0.3, 0.4) is 0 Å². The predicted octanol–water partition coefficient (Wildman–Crippen LogP) is 3.26. The molecule has 110 valence electrons. The van der Waals surface area contributed by atoms with Gasteiger partial charge in [0.25, 0.3) is 0 Å². The van der Waals surface area contributed by atoms with Gasteiger partial charge < -0.3 is 10.2 Å². The average Bonchev–Trinajstić information content (AvgIpc) is 3.05. The molecule has 1 aliphatic heterocycles. The Morgan fingerprint density at radius 1 is 1.35 bits per heavy atom. The molecule has 1 spiro atoms. The Labute approximate surface area is 126 Å². The second kappa shape index (κ2) is 5.76. The van der Waals surface area contributed by atoms with Gasteiger partial charge in [-0.25, -0.2) is 0 Å². The molecule has 1 aromatic rings. The van der Waals surface area contributed by atoms with Crippen molar-refractivity contribution in [1.82, 2.24) is 10.2 Å². The van der Waals surface area contributed by atoms with E-state index >= 15 is 0 Å². The zero-order chi connectivity index (χ0) is 14.0. The fourth-order valence-corrected chi connectivity index (χ4v) is 4.30. The summed E-state index contributed by atoms with van der Waals surface area (Å²) in [5, 5.41) is 3.54. The molecular formula is C16H25N3S. The maximum atomic E-state index is 4.47. The monoisotopic (exact) mass is 291 g/mol. The number of guanidine groups is 1. The number of likely N-dealkylation sites (tertiary alicyclic amines) is 1. The summed E-state index contributed by atoms with van der Waals surface area (Å²) in [6.45, 7) is 5.49. The highest BCUT2D eigenvalue weighted by atomic mass is 32.1. The quantitative estimate of drug-likeness (QED) is 0.684. The normalized spacial score (nSPS) is 21.3. The van der Waals surface area contributed by atoms with E-state index in [2.05, 4.69) is 34.3 Å². The minimum Gasteiger partial charge on any atom is -0.351 e. The molecule has 1 aliphatic carbocycles. The zero-order valence-electron chi connectivity index (χ0n) is 12.6. The summed E-state index contributed by atoms with van der Waals surface area (Å²) in [6.07, 6.45) is 6.76. The van der Waals surface area contributed by atoms with Crippen LogP contribution >= 0.6 is 11.3 Å². The van der Waals surface area contributed by atoms with Gasteiger partial charge in [0.15, 0.2) is 5.96 Å². The SMILES string of the molecule is CCc1ccc(CNC(=NC)N2CCC3(CCC3)C2)s1. The molecule has 2 heterocycles. The Bertz CT molecular complexity index is 488.